The standard InChI is InChI=1S/C17H8ClF3N2O4/c18-13-8-11(23(25)26)5-6-12(13)15-22-14(16(24)27-15)7-9-1-3-10(4-2-9)17(19,20)21/h1-8H/b14-7-. The highest BCUT2D eigenvalue weighted by Crippen LogP contribution is 2.30. The number of nitrogens with zero attached hydrogens (tertiary/aromatic N) is 2. The largest absolute Gasteiger partial charge is 0.416 e. The van der Waals surface area contributed by atoms with E-state index < -0.39 is 22.6 Å². The predicted molar refractivity (Wildman–Crippen MR) is 90.2 cm³/mol. The van der Waals surface area contributed by atoms with Gasteiger partial charge in [0.25, 0.3) is 5.69 Å². The second-order valence-electron chi connectivity index (χ2n) is 5.38. The number of aliphatic imine (C=N–C) groups is 1. The van der Waals surface area contributed by atoms with Crippen molar-refractivity contribution in [1.82, 2.24) is 0 Å². The number of carbonyl (C=O) groups is 1. The normalized spacial score (nSPS) is 15.6. The van der Waals surface area contributed by atoms with Gasteiger partial charge in [-0.3, -0.25) is 10.1 Å². The molecule has 0 unspecified atom stereocenters. The smallest absolute Gasteiger partial charge is 0.402 e. The highest BCUT2D eigenvalue weighted by molar-refractivity contribution is 6.34. The van der Waals surface area contributed by atoms with E-state index in [2.05, 4.69) is 4.99 Å². The number of rotatable bonds is 3. The second kappa shape index (κ2) is 6.84. The van der Waals surface area contributed by atoms with E-state index in [1.807, 2.05) is 0 Å². The molecule has 0 amide bonds. The summed E-state index contributed by atoms with van der Waals surface area (Å²) in [5.74, 6) is -0.975. The maximum Gasteiger partial charge on any atom is 0.416 e. The molecule has 0 saturated carbocycles. The van der Waals surface area contributed by atoms with Crippen molar-refractivity contribution in [3.05, 3.63) is 80.0 Å². The first-order valence-electron chi connectivity index (χ1n) is 7.29. The number of non-ortho nitro benzene ring substituents is 1. The summed E-state index contributed by atoms with van der Waals surface area (Å²) < 4.78 is 42.7. The van der Waals surface area contributed by atoms with Gasteiger partial charge in [0.05, 0.1) is 21.1 Å². The number of ether oxygens (including phenoxy) is 1. The number of hydrogen-bond donors (Lipinski definition) is 0. The molecule has 27 heavy (non-hydrogen) atoms. The maximum absolute atomic E-state index is 12.6. The molecule has 0 radical (unpaired) electrons. The molecule has 0 aliphatic carbocycles. The number of nitro groups is 1. The Bertz CT molecular complexity index is 998. The van der Waals surface area contributed by atoms with Gasteiger partial charge in [-0.05, 0) is 29.8 Å². The number of alkyl halides is 3. The molecule has 1 aliphatic heterocycles. The van der Waals surface area contributed by atoms with E-state index in [0.717, 1.165) is 18.2 Å². The number of benzene rings is 2. The minimum atomic E-state index is -4.46. The number of halogens is 4. The van der Waals surface area contributed by atoms with Crippen LogP contribution in [0.2, 0.25) is 5.02 Å². The molecule has 0 N–H and O–H groups in total. The van der Waals surface area contributed by atoms with Crippen molar-refractivity contribution in [1.29, 1.82) is 0 Å². The summed E-state index contributed by atoms with van der Waals surface area (Å²) in [6.45, 7) is 0. The predicted octanol–water partition coefficient (Wildman–Crippen LogP) is 4.61. The number of hydrogen-bond acceptors (Lipinski definition) is 5. The van der Waals surface area contributed by atoms with Crippen molar-refractivity contribution in [2.24, 2.45) is 4.99 Å². The Morgan fingerprint density at radius 2 is 1.81 bits per heavy atom. The van der Waals surface area contributed by atoms with Crippen molar-refractivity contribution in [3.63, 3.8) is 0 Å². The van der Waals surface area contributed by atoms with Gasteiger partial charge in [-0.25, -0.2) is 9.79 Å². The average Bonchev–Trinajstić information content (AvgIpc) is 2.94. The Morgan fingerprint density at radius 1 is 1.15 bits per heavy atom. The lowest BCUT2D eigenvalue weighted by Crippen LogP contribution is -2.06. The summed E-state index contributed by atoms with van der Waals surface area (Å²) in [6.07, 6.45) is -3.20. The molecular formula is C17H8ClF3N2O4. The van der Waals surface area contributed by atoms with Gasteiger partial charge in [0.2, 0.25) is 5.90 Å². The molecule has 3 rings (SSSR count). The third-order valence-corrected chi connectivity index (χ3v) is 3.87. The van der Waals surface area contributed by atoms with Crippen molar-refractivity contribution in [2.45, 2.75) is 6.18 Å². The van der Waals surface area contributed by atoms with Gasteiger partial charge in [0.1, 0.15) is 0 Å². The van der Waals surface area contributed by atoms with E-state index in [4.69, 9.17) is 16.3 Å². The summed E-state index contributed by atoms with van der Waals surface area (Å²) in [5.41, 5.74) is -0.713. The van der Waals surface area contributed by atoms with Crippen molar-refractivity contribution >= 4 is 35.2 Å². The number of cyclic esters (lactones) is 1. The molecule has 2 aromatic rings. The summed E-state index contributed by atoms with van der Waals surface area (Å²) >= 11 is 5.97. The van der Waals surface area contributed by atoms with Gasteiger partial charge in [-0.2, -0.15) is 13.2 Å². The first-order chi connectivity index (χ1) is 12.6. The zero-order valence-electron chi connectivity index (χ0n) is 13.2. The Morgan fingerprint density at radius 3 is 2.37 bits per heavy atom. The summed E-state index contributed by atoms with van der Waals surface area (Å²) in [5, 5.41) is 10.7. The van der Waals surface area contributed by atoms with Crippen LogP contribution in [0.5, 0.6) is 0 Å². The van der Waals surface area contributed by atoms with Crippen LogP contribution in [-0.2, 0) is 15.7 Å². The minimum absolute atomic E-state index is 0.0356. The topological polar surface area (TPSA) is 81.8 Å². The molecule has 0 atom stereocenters. The van der Waals surface area contributed by atoms with Crippen molar-refractivity contribution < 1.29 is 27.6 Å². The van der Waals surface area contributed by atoms with Crippen LogP contribution in [0.1, 0.15) is 16.7 Å². The third-order valence-electron chi connectivity index (χ3n) is 3.56. The highest BCUT2D eigenvalue weighted by Gasteiger charge is 2.30. The first kappa shape index (κ1) is 18.6. The Kier molecular flexibility index (Phi) is 4.71. The van der Waals surface area contributed by atoms with Crippen LogP contribution in [0.4, 0.5) is 18.9 Å². The zero-order valence-corrected chi connectivity index (χ0v) is 13.9. The average molecular weight is 397 g/mol. The van der Waals surface area contributed by atoms with Crippen LogP contribution in [0, 0.1) is 10.1 Å². The number of nitro benzene ring substituents is 1. The molecule has 138 valence electrons. The van der Waals surface area contributed by atoms with Crippen LogP contribution in [-0.4, -0.2) is 16.8 Å². The lowest BCUT2D eigenvalue weighted by molar-refractivity contribution is -0.384. The van der Waals surface area contributed by atoms with Crippen molar-refractivity contribution in [3.8, 4) is 0 Å². The van der Waals surface area contributed by atoms with Gasteiger partial charge in [-0.15, -0.1) is 0 Å². The highest BCUT2D eigenvalue weighted by atomic mass is 35.5. The molecule has 1 aliphatic rings. The van der Waals surface area contributed by atoms with E-state index in [-0.39, 0.29) is 27.9 Å². The summed E-state index contributed by atoms with van der Waals surface area (Å²) in [4.78, 5) is 26.0. The first-order valence-corrected chi connectivity index (χ1v) is 7.67. The maximum atomic E-state index is 12.6. The SMILES string of the molecule is O=C1OC(c2ccc([N+](=O)[O-])cc2Cl)=N/C1=C\c1ccc(C(F)(F)F)cc1. The van der Waals surface area contributed by atoms with Crippen LogP contribution in [0.15, 0.2) is 53.2 Å². The lowest BCUT2D eigenvalue weighted by Gasteiger charge is -2.05. The number of esters is 1. The monoisotopic (exact) mass is 396 g/mol. The third kappa shape index (κ3) is 3.98. The molecule has 2 aromatic carbocycles. The molecule has 0 bridgehead atoms. The Balaban J connectivity index is 1.90. The van der Waals surface area contributed by atoms with Crippen LogP contribution >= 0.6 is 11.6 Å². The van der Waals surface area contributed by atoms with E-state index >= 15 is 0 Å². The van der Waals surface area contributed by atoms with Gasteiger partial charge < -0.3 is 4.74 Å². The summed E-state index contributed by atoms with van der Waals surface area (Å²) in [6, 6.07) is 7.69. The van der Waals surface area contributed by atoms with Crippen LogP contribution < -0.4 is 0 Å². The van der Waals surface area contributed by atoms with Gasteiger partial charge >= 0.3 is 12.1 Å². The van der Waals surface area contributed by atoms with Crippen LogP contribution in [0.25, 0.3) is 6.08 Å². The van der Waals surface area contributed by atoms with Gasteiger partial charge in [0, 0.05) is 12.1 Å². The molecule has 10 heteroatoms. The second-order valence-corrected chi connectivity index (χ2v) is 5.78. The molecule has 0 spiro atoms. The molecule has 0 saturated heterocycles. The zero-order chi connectivity index (χ0) is 19.8. The molecule has 0 aromatic heterocycles. The Labute approximate surface area is 154 Å². The van der Waals surface area contributed by atoms with Crippen LogP contribution in [0.3, 0.4) is 0 Å². The lowest BCUT2D eigenvalue weighted by atomic mass is 10.1. The van der Waals surface area contributed by atoms with E-state index in [9.17, 15) is 28.1 Å². The molecular weight excluding hydrogens is 389 g/mol. The van der Waals surface area contributed by atoms with Gasteiger partial charge in [0.15, 0.2) is 5.70 Å². The quantitative estimate of drug-likeness (QED) is 0.328. The minimum Gasteiger partial charge on any atom is -0.402 e. The summed E-state index contributed by atoms with van der Waals surface area (Å²) in [7, 11) is 0. The Hall–Kier alpha value is -3.20. The van der Waals surface area contributed by atoms with Gasteiger partial charge in [-0.1, -0.05) is 23.7 Å². The van der Waals surface area contributed by atoms with Crippen molar-refractivity contribution in [2.75, 3.05) is 0 Å². The molecule has 6 nitrogen and oxygen atoms in total. The fourth-order valence-electron chi connectivity index (χ4n) is 2.24. The van der Waals surface area contributed by atoms with E-state index in [0.29, 0.717) is 5.56 Å². The fourth-order valence-corrected chi connectivity index (χ4v) is 2.50. The molecule has 0 fully saturated rings. The number of carbonyl (C=O) groups excluding carboxylic acids is 1. The fraction of sp³-hybridized carbons (Fsp3) is 0.0588. The van der Waals surface area contributed by atoms with E-state index in [1.165, 1.54) is 30.3 Å². The van der Waals surface area contributed by atoms with E-state index in [1.54, 1.807) is 0 Å². The molecule has 1 heterocycles.